The molecule has 1 rings (SSSR count). The lowest BCUT2D eigenvalue weighted by molar-refractivity contribution is 0.0856. The first-order chi connectivity index (χ1) is 6.86. The highest BCUT2D eigenvalue weighted by Gasteiger charge is 2.35. The van der Waals surface area contributed by atoms with Crippen LogP contribution in [0.5, 0.6) is 0 Å². The van der Waals surface area contributed by atoms with E-state index >= 15 is 0 Å². The fraction of sp³-hybridized carbons (Fsp3) is 0.333. The summed E-state index contributed by atoms with van der Waals surface area (Å²) < 4.78 is 55.8. The summed E-state index contributed by atoms with van der Waals surface area (Å²) in [6.45, 7) is -0.0675. The molecule has 0 amide bonds. The maximum Gasteiger partial charge on any atom is 0.353 e. The van der Waals surface area contributed by atoms with Gasteiger partial charge in [0, 0.05) is 7.11 Å². The Hall–Kier alpha value is -0.810. The molecule has 0 atom stereocenters. The van der Waals surface area contributed by atoms with Crippen LogP contribution < -0.4 is 0 Å². The van der Waals surface area contributed by atoms with E-state index in [9.17, 15) is 17.6 Å². The fourth-order valence-corrected chi connectivity index (χ4v) is 1.33. The second-order valence-corrected chi connectivity index (χ2v) is 3.34. The monoisotopic (exact) mass is 242 g/mol. The van der Waals surface area contributed by atoms with Crippen LogP contribution in [0.1, 0.15) is 11.1 Å². The summed E-state index contributed by atoms with van der Waals surface area (Å²) >= 11 is 4.55. The van der Waals surface area contributed by atoms with Crippen LogP contribution in [-0.2, 0) is 16.7 Å². The predicted molar refractivity (Wildman–Crippen MR) is 46.8 cm³/mol. The number of hydrogen-bond acceptors (Lipinski definition) is 1. The molecule has 0 radical (unpaired) electrons. The second kappa shape index (κ2) is 4.37. The highest BCUT2D eigenvalue weighted by atomic mass is 35.5. The molecule has 0 heterocycles. The zero-order valence-electron chi connectivity index (χ0n) is 7.66. The lowest BCUT2D eigenvalue weighted by Crippen LogP contribution is -2.11. The summed E-state index contributed by atoms with van der Waals surface area (Å²) in [6, 6.07) is 1.52. The van der Waals surface area contributed by atoms with Crippen molar-refractivity contribution in [2.75, 3.05) is 7.11 Å². The van der Waals surface area contributed by atoms with Crippen molar-refractivity contribution in [2.45, 2.75) is 12.0 Å². The molecule has 15 heavy (non-hydrogen) atoms. The lowest BCUT2D eigenvalue weighted by Gasteiger charge is -2.11. The average Bonchev–Trinajstić information content (AvgIpc) is 1.99. The standard InChI is InChI=1S/C9H7ClF4O/c1-15-4-5-2-6(11)8(7(12)3-5)9(10,13)14/h2-3H,4H2,1H3. The predicted octanol–water partition coefficient (Wildman–Crippen LogP) is 3.40. The number of benzene rings is 1. The second-order valence-electron chi connectivity index (χ2n) is 2.87. The van der Waals surface area contributed by atoms with E-state index < -0.39 is 22.6 Å². The third-order valence-electron chi connectivity index (χ3n) is 1.70. The quantitative estimate of drug-likeness (QED) is 0.583. The van der Waals surface area contributed by atoms with Crippen LogP contribution in [0.15, 0.2) is 12.1 Å². The van der Waals surface area contributed by atoms with Crippen molar-refractivity contribution in [1.29, 1.82) is 0 Å². The van der Waals surface area contributed by atoms with Crippen molar-refractivity contribution < 1.29 is 22.3 Å². The number of alkyl halides is 3. The third kappa shape index (κ3) is 2.82. The van der Waals surface area contributed by atoms with Crippen LogP contribution >= 0.6 is 11.6 Å². The van der Waals surface area contributed by atoms with E-state index in [1.165, 1.54) is 7.11 Å². The molecule has 0 saturated heterocycles. The fourth-order valence-electron chi connectivity index (χ4n) is 1.15. The van der Waals surface area contributed by atoms with Gasteiger partial charge in [-0.15, -0.1) is 0 Å². The Kier molecular flexibility index (Phi) is 3.57. The van der Waals surface area contributed by atoms with Crippen LogP contribution in [0, 0.1) is 11.6 Å². The van der Waals surface area contributed by atoms with Crippen molar-refractivity contribution in [3.05, 3.63) is 34.9 Å². The highest BCUT2D eigenvalue weighted by Crippen LogP contribution is 2.36. The van der Waals surface area contributed by atoms with Gasteiger partial charge in [0.15, 0.2) is 0 Å². The van der Waals surface area contributed by atoms with E-state index in [1.54, 1.807) is 0 Å². The van der Waals surface area contributed by atoms with Crippen LogP contribution in [0.4, 0.5) is 17.6 Å². The molecule has 0 saturated carbocycles. The van der Waals surface area contributed by atoms with E-state index in [0.29, 0.717) is 0 Å². The van der Waals surface area contributed by atoms with E-state index in [0.717, 1.165) is 12.1 Å². The average molecular weight is 243 g/mol. The molecule has 0 aromatic heterocycles. The Morgan fingerprint density at radius 2 is 1.73 bits per heavy atom. The normalized spacial score (nSPS) is 11.9. The van der Waals surface area contributed by atoms with E-state index in [1.807, 2.05) is 0 Å². The minimum atomic E-state index is -4.06. The molecule has 0 aliphatic carbocycles. The SMILES string of the molecule is COCc1cc(F)c(C(F)(F)Cl)c(F)c1. The topological polar surface area (TPSA) is 9.23 Å². The van der Waals surface area contributed by atoms with Crippen molar-refractivity contribution in [2.24, 2.45) is 0 Å². The molecule has 0 bridgehead atoms. The molecule has 1 nitrogen and oxygen atoms in total. The smallest absolute Gasteiger partial charge is 0.353 e. The largest absolute Gasteiger partial charge is 0.380 e. The van der Waals surface area contributed by atoms with Gasteiger partial charge < -0.3 is 4.74 Å². The van der Waals surface area contributed by atoms with Gasteiger partial charge in [-0.2, -0.15) is 8.78 Å². The Balaban J connectivity index is 3.22. The van der Waals surface area contributed by atoms with Gasteiger partial charge in [0.1, 0.15) is 17.2 Å². The minimum absolute atomic E-state index is 0.0675. The molecule has 6 heteroatoms. The first-order valence-electron chi connectivity index (χ1n) is 3.90. The zero-order chi connectivity index (χ0) is 11.6. The Morgan fingerprint density at radius 3 is 2.07 bits per heavy atom. The van der Waals surface area contributed by atoms with Crippen molar-refractivity contribution >= 4 is 11.6 Å². The third-order valence-corrected chi connectivity index (χ3v) is 1.89. The van der Waals surface area contributed by atoms with Crippen molar-refractivity contribution in [1.82, 2.24) is 0 Å². The molecule has 1 aromatic rings. The number of methoxy groups -OCH3 is 1. The minimum Gasteiger partial charge on any atom is -0.380 e. The molecule has 0 fully saturated rings. The summed E-state index contributed by atoms with van der Waals surface area (Å²) in [4.78, 5) is 0. The molecule has 0 spiro atoms. The zero-order valence-corrected chi connectivity index (χ0v) is 8.42. The van der Waals surface area contributed by atoms with Gasteiger partial charge in [-0.1, -0.05) is 0 Å². The molecular formula is C9H7ClF4O. The number of rotatable bonds is 3. The maximum absolute atomic E-state index is 13.1. The van der Waals surface area contributed by atoms with E-state index in [-0.39, 0.29) is 12.2 Å². The molecule has 84 valence electrons. The number of halogens is 5. The highest BCUT2D eigenvalue weighted by molar-refractivity contribution is 6.21. The Morgan fingerprint density at radius 1 is 1.27 bits per heavy atom. The van der Waals surface area contributed by atoms with Gasteiger partial charge >= 0.3 is 5.38 Å². The molecule has 0 aliphatic heterocycles. The summed E-state index contributed by atoms with van der Waals surface area (Å²) in [5.74, 6) is -2.77. The first kappa shape index (κ1) is 12.3. The molecule has 1 aromatic carbocycles. The van der Waals surface area contributed by atoms with Gasteiger partial charge in [0.2, 0.25) is 0 Å². The number of hydrogen-bond donors (Lipinski definition) is 0. The molecular weight excluding hydrogens is 236 g/mol. The summed E-state index contributed by atoms with van der Waals surface area (Å²) in [5, 5.41) is -4.06. The van der Waals surface area contributed by atoms with Crippen LogP contribution in [0.25, 0.3) is 0 Å². The summed E-state index contributed by atoms with van der Waals surface area (Å²) in [6.07, 6.45) is 0. The lowest BCUT2D eigenvalue weighted by atomic mass is 10.1. The van der Waals surface area contributed by atoms with Crippen LogP contribution in [0.3, 0.4) is 0 Å². The van der Waals surface area contributed by atoms with Gasteiger partial charge in [-0.05, 0) is 29.3 Å². The summed E-state index contributed by atoms with van der Waals surface area (Å²) in [7, 11) is 1.32. The van der Waals surface area contributed by atoms with Gasteiger partial charge in [0.05, 0.1) is 6.61 Å². The Labute approximate surface area is 88.6 Å². The molecule has 0 aliphatic rings. The summed E-state index contributed by atoms with van der Waals surface area (Å²) in [5.41, 5.74) is -1.32. The number of ether oxygens (including phenoxy) is 1. The van der Waals surface area contributed by atoms with Gasteiger partial charge in [-0.25, -0.2) is 8.78 Å². The van der Waals surface area contributed by atoms with Gasteiger partial charge in [0.25, 0.3) is 0 Å². The van der Waals surface area contributed by atoms with Crippen LogP contribution in [-0.4, -0.2) is 7.11 Å². The van der Waals surface area contributed by atoms with Crippen LogP contribution in [0.2, 0.25) is 0 Å². The van der Waals surface area contributed by atoms with Crippen molar-refractivity contribution in [3.8, 4) is 0 Å². The molecule has 0 unspecified atom stereocenters. The molecule has 0 N–H and O–H groups in total. The maximum atomic E-state index is 13.1. The Bertz CT molecular complexity index is 339. The first-order valence-corrected chi connectivity index (χ1v) is 4.28. The van der Waals surface area contributed by atoms with E-state index in [2.05, 4.69) is 16.3 Å². The van der Waals surface area contributed by atoms with Gasteiger partial charge in [-0.3, -0.25) is 0 Å². The van der Waals surface area contributed by atoms with E-state index in [4.69, 9.17) is 0 Å². The van der Waals surface area contributed by atoms with Crippen molar-refractivity contribution in [3.63, 3.8) is 0 Å².